The molecule has 2 rings (SSSR count). The molecule has 1 N–H and O–H groups in total. The SMILES string of the molecule is CCCNc1nc(SC2CCCCC2)c(Cl)cc1Cl. The zero-order valence-electron chi connectivity index (χ0n) is 11.2. The fourth-order valence-corrected chi connectivity index (χ4v) is 4.00. The zero-order valence-corrected chi connectivity index (χ0v) is 13.5. The maximum atomic E-state index is 6.26. The largest absolute Gasteiger partial charge is 0.369 e. The standard InChI is InChI=1S/C14H20Cl2N2S/c1-2-8-17-13-11(15)9-12(16)14(18-13)19-10-6-4-3-5-7-10/h9-10H,2-8H2,1H3,(H,17,18). The van der Waals surface area contributed by atoms with E-state index in [2.05, 4.69) is 17.2 Å². The van der Waals surface area contributed by atoms with Crippen LogP contribution in [-0.4, -0.2) is 16.8 Å². The number of hydrogen-bond donors (Lipinski definition) is 1. The molecule has 1 fully saturated rings. The lowest BCUT2D eigenvalue weighted by molar-refractivity contribution is 0.516. The first-order valence-corrected chi connectivity index (χ1v) is 8.61. The molecule has 19 heavy (non-hydrogen) atoms. The van der Waals surface area contributed by atoms with Gasteiger partial charge < -0.3 is 5.32 Å². The molecule has 0 aromatic carbocycles. The van der Waals surface area contributed by atoms with E-state index in [4.69, 9.17) is 23.2 Å². The number of nitrogens with zero attached hydrogens (tertiary/aromatic N) is 1. The van der Waals surface area contributed by atoms with Gasteiger partial charge in [-0.05, 0) is 25.3 Å². The second-order valence-corrected chi connectivity index (χ2v) is 7.01. The number of aromatic nitrogens is 1. The van der Waals surface area contributed by atoms with Gasteiger partial charge in [0.25, 0.3) is 0 Å². The average Bonchev–Trinajstić information content (AvgIpc) is 2.42. The summed E-state index contributed by atoms with van der Waals surface area (Å²) >= 11 is 14.2. The predicted octanol–water partition coefficient (Wildman–Crippen LogP) is 5.64. The van der Waals surface area contributed by atoms with E-state index in [1.54, 1.807) is 17.8 Å². The quantitative estimate of drug-likeness (QED) is 0.761. The highest BCUT2D eigenvalue weighted by Gasteiger charge is 2.18. The molecule has 2 nitrogen and oxygen atoms in total. The molecule has 0 atom stereocenters. The molecular weight excluding hydrogens is 299 g/mol. The van der Waals surface area contributed by atoms with Crippen molar-refractivity contribution in [1.29, 1.82) is 0 Å². The van der Waals surface area contributed by atoms with Crippen LogP contribution in [0.3, 0.4) is 0 Å². The fourth-order valence-electron chi connectivity index (χ4n) is 2.24. The molecule has 106 valence electrons. The third-order valence-electron chi connectivity index (χ3n) is 3.27. The van der Waals surface area contributed by atoms with Gasteiger partial charge in [0.15, 0.2) is 0 Å². The van der Waals surface area contributed by atoms with Gasteiger partial charge >= 0.3 is 0 Å². The smallest absolute Gasteiger partial charge is 0.146 e. The molecule has 1 saturated carbocycles. The Kier molecular flexibility index (Phi) is 6.11. The van der Waals surface area contributed by atoms with Crippen LogP contribution in [0.5, 0.6) is 0 Å². The number of hydrogen-bond acceptors (Lipinski definition) is 3. The number of anilines is 1. The van der Waals surface area contributed by atoms with Gasteiger partial charge in [0.2, 0.25) is 0 Å². The molecule has 0 radical (unpaired) electrons. The lowest BCUT2D eigenvalue weighted by Gasteiger charge is -2.21. The van der Waals surface area contributed by atoms with Gasteiger partial charge in [0.05, 0.1) is 10.0 Å². The highest BCUT2D eigenvalue weighted by molar-refractivity contribution is 8.00. The Hall–Kier alpha value is -0.120. The first-order valence-electron chi connectivity index (χ1n) is 6.97. The first-order chi connectivity index (χ1) is 9.20. The lowest BCUT2D eigenvalue weighted by atomic mass is 10.0. The summed E-state index contributed by atoms with van der Waals surface area (Å²) in [6.07, 6.45) is 7.59. The van der Waals surface area contributed by atoms with Crippen molar-refractivity contribution >= 4 is 40.8 Å². The van der Waals surface area contributed by atoms with Crippen molar-refractivity contribution in [3.63, 3.8) is 0 Å². The molecule has 0 aliphatic heterocycles. The van der Waals surface area contributed by atoms with Crippen LogP contribution >= 0.6 is 35.0 Å². The molecule has 1 aliphatic rings. The summed E-state index contributed by atoms with van der Waals surface area (Å²) in [6, 6.07) is 1.80. The van der Waals surface area contributed by atoms with Crippen molar-refractivity contribution < 1.29 is 0 Å². The van der Waals surface area contributed by atoms with Crippen molar-refractivity contribution in [1.82, 2.24) is 4.98 Å². The highest BCUT2D eigenvalue weighted by Crippen LogP contribution is 2.38. The normalized spacial score (nSPS) is 16.6. The van der Waals surface area contributed by atoms with E-state index < -0.39 is 0 Å². The van der Waals surface area contributed by atoms with Crippen molar-refractivity contribution in [3.8, 4) is 0 Å². The molecule has 0 unspecified atom stereocenters. The van der Waals surface area contributed by atoms with Crippen molar-refractivity contribution in [2.24, 2.45) is 0 Å². The van der Waals surface area contributed by atoms with Gasteiger partial charge in [-0.3, -0.25) is 0 Å². The minimum Gasteiger partial charge on any atom is -0.369 e. The third kappa shape index (κ3) is 4.44. The second kappa shape index (κ2) is 7.61. The third-order valence-corrected chi connectivity index (χ3v) is 5.30. The number of halogens is 2. The number of nitrogens with one attached hydrogen (secondary N) is 1. The van der Waals surface area contributed by atoms with Crippen LogP contribution in [0.25, 0.3) is 0 Å². The molecular formula is C14H20Cl2N2S. The maximum Gasteiger partial charge on any atom is 0.146 e. The molecule has 1 aromatic heterocycles. The highest BCUT2D eigenvalue weighted by atomic mass is 35.5. The van der Waals surface area contributed by atoms with Crippen LogP contribution < -0.4 is 5.32 Å². The second-order valence-electron chi connectivity index (χ2n) is 4.91. The summed E-state index contributed by atoms with van der Waals surface area (Å²) in [7, 11) is 0. The van der Waals surface area contributed by atoms with E-state index >= 15 is 0 Å². The van der Waals surface area contributed by atoms with Crippen LogP contribution in [0.15, 0.2) is 11.1 Å². The summed E-state index contributed by atoms with van der Waals surface area (Å²) in [6.45, 7) is 3.00. The van der Waals surface area contributed by atoms with Crippen molar-refractivity contribution in [2.75, 3.05) is 11.9 Å². The average molecular weight is 319 g/mol. The summed E-state index contributed by atoms with van der Waals surface area (Å²) in [5, 5.41) is 6.09. The van der Waals surface area contributed by atoms with E-state index in [1.165, 1.54) is 32.1 Å². The van der Waals surface area contributed by atoms with E-state index in [0.29, 0.717) is 15.3 Å². The minimum absolute atomic E-state index is 0.603. The minimum atomic E-state index is 0.603. The van der Waals surface area contributed by atoms with E-state index in [-0.39, 0.29) is 0 Å². The molecule has 0 amide bonds. The molecule has 0 spiro atoms. The number of thioether (sulfide) groups is 1. The summed E-state index contributed by atoms with van der Waals surface area (Å²) in [4.78, 5) is 4.59. The van der Waals surface area contributed by atoms with Gasteiger partial charge in [0.1, 0.15) is 10.8 Å². The molecule has 1 aliphatic carbocycles. The Labute approximate surface area is 129 Å². The summed E-state index contributed by atoms with van der Waals surface area (Å²) in [5.41, 5.74) is 0. The van der Waals surface area contributed by atoms with E-state index in [9.17, 15) is 0 Å². The van der Waals surface area contributed by atoms with E-state index in [0.717, 1.165) is 23.8 Å². The Bertz CT molecular complexity index is 420. The fraction of sp³-hybridized carbons (Fsp3) is 0.643. The predicted molar refractivity (Wildman–Crippen MR) is 85.8 cm³/mol. The Morgan fingerprint density at radius 3 is 2.68 bits per heavy atom. The summed E-state index contributed by atoms with van der Waals surface area (Å²) in [5.74, 6) is 0.756. The molecule has 1 aromatic rings. The van der Waals surface area contributed by atoms with Gasteiger partial charge in [-0.25, -0.2) is 4.98 Å². The molecule has 5 heteroatoms. The Morgan fingerprint density at radius 1 is 1.26 bits per heavy atom. The monoisotopic (exact) mass is 318 g/mol. The maximum absolute atomic E-state index is 6.26. The van der Waals surface area contributed by atoms with E-state index in [1.807, 2.05) is 0 Å². The van der Waals surface area contributed by atoms with Crippen molar-refractivity contribution in [3.05, 3.63) is 16.1 Å². The molecule has 1 heterocycles. The molecule has 0 saturated heterocycles. The van der Waals surface area contributed by atoms with Crippen LogP contribution in [0, 0.1) is 0 Å². The van der Waals surface area contributed by atoms with Crippen molar-refractivity contribution in [2.45, 2.75) is 55.7 Å². The van der Waals surface area contributed by atoms with Gasteiger partial charge in [-0.15, -0.1) is 11.8 Å². The Morgan fingerprint density at radius 2 is 2.00 bits per heavy atom. The lowest BCUT2D eigenvalue weighted by Crippen LogP contribution is -2.09. The molecule has 0 bridgehead atoms. The van der Waals surface area contributed by atoms with Gasteiger partial charge in [0, 0.05) is 11.8 Å². The van der Waals surface area contributed by atoms with Gasteiger partial charge in [-0.1, -0.05) is 49.4 Å². The number of pyridine rings is 1. The first kappa shape index (κ1) is 15.3. The zero-order chi connectivity index (χ0) is 13.7. The van der Waals surface area contributed by atoms with Crippen LogP contribution in [0.1, 0.15) is 45.4 Å². The Balaban J connectivity index is 2.09. The van der Waals surface area contributed by atoms with Gasteiger partial charge in [-0.2, -0.15) is 0 Å². The number of rotatable bonds is 5. The van der Waals surface area contributed by atoms with Crippen LogP contribution in [-0.2, 0) is 0 Å². The van der Waals surface area contributed by atoms with Crippen LogP contribution in [0.4, 0.5) is 5.82 Å². The summed E-state index contributed by atoms with van der Waals surface area (Å²) < 4.78 is 0. The topological polar surface area (TPSA) is 24.9 Å². The van der Waals surface area contributed by atoms with Crippen LogP contribution in [0.2, 0.25) is 10.0 Å².